The summed E-state index contributed by atoms with van der Waals surface area (Å²) in [7, 11) is 2.03. The van der Waals surface area contributed by atoms with Gasteiger partial charge in [-0.2, -0.15) is 11.8 Å². The average Bonchev–Trinajstić information content (AvgIpc) is 2.50. The van der Waals surface area contributed by atoms with E-state index in [0.29, 0.717) is 0 Å². The molecule has 1 aliphatic rings. The summed E-state index contributed by atoms with van der Waals surface area (Å²) in [5.74, 6) is 1.35. The summed E-state index contributed by atoms with van der Waals surface area (Å²) in [6, 6.07) is 0. The Morgan fingerprint density at radius 3 is 2.73 bits per heavy atom. The molecule has 0 unspecified atom stereocenters. The molecule has 11 heavy (non-hydrogen) atoms. The van der Waals surface area contributed by atoms with Gasteiger partial charge in [0, 0.05) is 5.25 Å². The van der Waals surface area contributed by atoms with Gasteiger partial charge in [0.2, 0.25) is 0 Å². The van der Waals surface area contributed by atoms with Crippen molar-refractivity contribution in [3.63, 3.8) is 0 Å². The molecule has 0 aromatic carbocycles. The Morgan fingerprint density at radius 2 is 2.09 bits per heavy atom. The predicted molar refractivity (Wildman–Crippen MR) is 53.3 cm³/mol. The molecule has 66 valence electrons. The van der Waals surface area contributed by atoms with Gasteiger partial charge >= 0.3 is 0 Å². The standard InChI is InChI=1S/C9H19NS/c1-10-7-4-8-11-9-5-2-3-6-9/h9-10H,2-8H2,1H3. The summed E-state index contributed by atoms with van der Waals surface area (Å²) in [5, 5.41) is 4.19. The van der Waals surface area contributed by atoms with Crippen molar-refractivity contribution in [2.75, 3.05) is 19.3 Å². The van der Waals surface area contributed by atoms with Crippen LogP contribution in [0.25, 0.3) is 0 Å². The average molecular weight is 173 g/mol. The van der Waals surface area contributed by atoms with Gasteiger partial charge in [-0.05, 0) is 38.6 Å². The molecule has 1 fully saturated rings. The molecule has 0 atom stereocenters. The maximum absolute atomic E-state index is 3.18. The Labute approximate surface area is 74.3 Å². The van der Waals surface area contributed by atoms with E-state index in [9.17, 15) is 0 Å². The second-order valence-electron chi connectivity index (χ2n) is 3.23. The van der Waals surface area contributed by atoms with Gasteiger partial charge in [-0.3, -0.25) is 0 Å². The number of rotatable bonds is 5. The Hall–Kier alpha value is 0.310. The molecule has 1 N–H and O–H groups in total. The molecule has 1 saturated carbocycles. The van der Waals surface area contributed by atoms with Crippen molar-refractivity contribution < 1.29 is 0 Å². The molecule has 0 aromatic rings. The first-order chi connectivity index (χ1) is 5.43. The van der Waals surface area contributed by atoms with Gasteiger partial charge in [-0.15, -0.1) is 0 Å². The number of thioether (sulfide) groups is 1. The van der Waals surface area contributed by atoms with Crippen LogP contribution in [0.1, 0.15) is 32.1 Å². The van der Waals surface area contributed by atoms with Crippen LogP contribution in [0.3, 0.4) is 0 Å². The molecule has 1 rings (SSSR count). The molecule has 2 heteroatoms. The molecular formula is C9H19NS. The van der Waals surface area contributed by atoms with E-state index in [0.717, 1.165) is 5.25 Å². The first-order valence-corrected chi connectivity index (χ1v) is 5.74. The fourth-order valence-corrected chi connectivity index (χ4v) is 2.86. The Kier molecular flexibility index (Phi) is 5.04. The number of hydrogen-bond donors (Lipinski definition) is 1. The minimum Gasteiger partial charge on any atom is -0.320 e. The van der Waals surface area contributed by atoms with Crippen LogP contribution in [0.2, 0.25) is 0 Å². The lowest BCUT2D eigenvalue weighted by Gasteiger charge is -2.07. The zero-order valence-electron chi connectivity index (χ0n) is 7.44. The summed E-state index contributed by atoms with van der Waals surface area (Å²) in [4.78, 5) is 0. The maximum Gasteiger partial charge on any atom is 0.00470 e. The van der Waals surface area contributed by atoms with Crippen LogP contribution < -0.4 is 5.32 Å². The van der Waals surface area contributed by atoms with Crippen molar-refractivity contribution in [2.24, 2.45) is 0 Å². The first kappa shape index (κ1) is 9.40. The SMILES string of the molecule is CNCCCSC1CCCC1. The smallest absolute Gasteiger partial charge is 0.00470 e. The van der Waals surface area contributed by atoms with Crippen LogP contribution >= 0.6 is 11.8 Å². The van der Waals surface area contributed by atoms with E-state index in [1.54, 1.807) is 0 Å². The van der Waals surface area contributed by atoms with Gasteiger partial charge in [-0.1, -0.05) is 12.8 Å². The summed E-state index contributed by atoms with van der Waals surface area (Å²) >= 11 is 2.18. The highest BCUT2D eigenvalue weighted by atomic mass is 32.2. The molecule has 0 saturated heterocycles. The summed E-state index contributed by atoms with van der Waals surface area (Å²) < 4.78 is 0. The monoisotopic (exact) mass is 173 g/mol. The first-order valence-electron chi connectivity index (χ1n) is 4.69. The zero-order valence-corrected chi connectivity index (χ0v) is 8.25. The van der Waals surface area contributed by atoms with E-state index in [2.05, 4.69) is 17.1 Å². The Balaban J connectivity index is 1.86. The summed E-state index contributed by atoms with van der Waals surface area (Å²) in [5.41, 5.74) is 0. The molecule has 0 aromatic heterocycles. The van der Waals surface area contributed by atoms with Gasteiger partial charge in [0.1, 0.15) is 0 Å². The van der Waals surface area contributed by atoms with Crippen LogP contribution in [0.15, 0.2) is 0 Å². The van der Waals surface area contributed by atoms with Gasteiger partial charge in [-0.25, -0.2) is 0 Å². The lowest BCUT2D eigenvalue weighted by Crippen LogP contribution is -2.09. The van der Waals surface area contributed by atoms with E-state index >= 15 is 0 Å². The molecule has 0 radical (unpaired) electrons. The molecule has 0 heterocycles. The topological polar surface area (TPSA) is 12.0 Å². The molecular weight excluding hydrogens is 154 g/mol. The van der Waals surface area contributed by atoms with Crippen molar-refractivity contribution in [1.82, 2.24) is 5.32 Å². The van der Waals surface area contributed by atoms with E-state index in [4.69, 9.17) is 0 Å². The van der Waals surface area contributed by atoms with Crippen LogP contribution in [0.4, 0.5) is 0 Å². The van der Waals surface area contributed by atoms with Gasteiger partial charge in [0.15, 0.2) is 0 Å². The molecule has 1 nitrogen and oxygen atoms in total. The third kappa shape index (κ3) is 4.02. The van der Waals surface area contributed by atoms with Crippen molar-refractivity contribution in [3.05, 3.63) is 0 Å². The van der Waals surface area contributed by atoms with Crippen molar-refractivity contribution in [1.29, 1.82) is 0 Å². The lowest BCUT2D eigenvalue weighted by molar-refractivity contribution is 0.775. The molecule has 0 bridgehead atoms. The Bertz CT molecular complexity index is 89.6. The molecule has 0 spiro atoms. The third-order valence-corrected chi connectivity index (χ3v) is 3.69. The highest BCUT2D eigenvalue weighted by molar-refractivity contribution is 7.99. The van der Waals surface area contributed by atoms with E-state index in [1.807, 2.05) is 7.05 Å². The van der Waals surface area contributed by atoms with Crippen molar-refractivity contribution in [2.45, 2.75) is 37.4 Å². The molecule has 0 aliphatic heterocycles. The van der Waals surface area contributed by atoms with E-state index in [-0.39, 0.29) is 0 Å². The predicted octanol–water partition coefficient (Wildman–Crippen LogP) is 2.27. The zero-order chi connectivity index (χ0) is 7.94. The van der Waals surface area contributed by atoms with Gasteiger partial charge < -0.3 is 5.32 Å². The largest absolute Gasteiger partial charge is 0.320 e. The second-order valence-corrected chi connectivity index (χ2v) is 4.64. The molecule has 1 aliphatic carbocycles. The minimum absolute atomic E-state index is 1.01. The highest BCUT2D eigenvalue weighted by Gasteiger charge is 2.14. The van der Waals surface area contributed by atoms with Gasteiger partial charge in [0.25, 0.3) is 0 Å². The number of nitrogens with one attached hydrogen (secondary N) is 1. The van der Waals surface area contributed by atoms with Crippen LogP contribution in [0.5, 0.6) is 0 Å². The van der Waals surface area contributed by atoms with Crippen molar-refractivity contribution >= 4 is 11.8 Å². The lowest BCUT2D eigenvalue weighted by atomic mass is 10.4. The van der Waals surface area contributed by atoms with Crippen LogP contribution in [-0.4, -0.2) is 24.6 Å². The fraction of sp³-hybridized carbons (Fsp3) is 1.00. The third-order valence-electron chi connectivity index (χ3n) is 2.23. The number of hydrogen-bond acceptors (Lipinski definition) is 2. The normalized spacial score (nSPS) is 19.4. The van der Waals surface area contributed by atoms with Gasteiger partial charge in [0.05, 0.1) is 0 Å². The van der Waals surface area contributed by atoms with E-state index in [1.165, 1.54) is 44.4 Å². The highest BCUT2D eigenvalue weighted by Crippen LogP contribution is 2.29. The quantitative estimate of drug-likeness (QED) is 0.640. The minimum atomic E-state index is 1.01. The van der Waals surface area contributed by atoms with Crippen LogP contribution in [-0.2, 0) is 0 Å². The maximum atomic E-state index is 3.18. The molecule has 0 amide bonds. The van der Waals surface area contributed by atoms with E-state index < -0.39 is 0 Å². The second kappa shape index (κ2) is 5.90. The summed E-state index contributed by atoms with van der Waals surface area (Å²) in [6.45, 7) is 1.18. The van der Waals surface area contributed by atoms with Crippen molar-refractivity contribution in [3.8, 4) is 0 Å². The fourth-order valence-electron chi connectivity index (χ4n) is 1.55. The van der Waals surface area contributed by atoms with Crippen LogP contribution in [0, 0.1) is 0 Å². The summed E-state index contributed by atoms with van der Waals surface area (Å²) in [6.07, 6.45) is 7.24. The Morgan fingerprint density at radius 1 is 1.36 bits per heavy atom.